The van der Waals surface area contributed by atoms with Crippen molar-refractivity contribution in [2.45, 2.75) is 26.4 Å². The number of rotatable bonds is 2. The third-order valence-electron chi connectivity index (χ3n) is 4.65. The number of nitrogens with zero attached hydrogens (tertiary/aromatic N) is 6. The van der Waals surface area contributed by atoms with E-state index in [9.17, 15) is 4.79 Å². The summed E-state index contributed by atoms with van der Waals surface area (Å²) < 4.78 is 5.49. The van der Waals surface area contributed by atoms with E-state index >= 15 is 0 Å². The van der Waals surface area contributed by atoms with Crippen LogP contribution in [0.5, 0.6) is 0 Å². The van der Waals surface area contributed by atoms with Crippen LogP contribution in [0.25, 0.3) is 22.3 Å². The molecule has 8 heteroatoms. The predicted molar refractivity (Wildman–Crippen MR) is 111 cm³/mol. The van der Waals surface area contributed by atoms with Crippen LogP contribution in [0.3, 0.4) is 0 Å². The number of pyridine rings is 2. The summed E-state index contributed by atoms with van der Waals surface area (Å²) in [6, 6.07) is 5.71. The number of ether oxygens (including phenoxy) is 1. The lowest BCUT2D eigenvalue weighted by Crippen LogP contribution is -2.50. The van der Waals surface area contributed by atoms with Gasteiger partial charge in [-0.1, -0.05) is 0 Å². The minimum atomic E-state index is -0.497. The molecule has 150 valence electrons. The van der Waals surface area contributed by atoms with Gasteiger partial charge in [0.25, 0.3) is 0 Å². The van der Waals surface area contributed by atoms with Gasteiger partial charge in [-0.2, -0.15) is 0 Å². The molecule has 0 unspecified atom stereocenters. The highest BCUT2D eigenvalue weighted by atomic mass is 16.6. The minimum absolute atomic E-state index is 0.272. The van der Waals surface area contributed by atoms with E-state index in [1.165, 1.54) is 0 Å². The second-order valence-electron chi connectivity index (χ2n) is 7.95. The Kier molecular flexibility index (Phi) is 5.00. The predicted octanol–water partition coefficient (Wildman–Crippen LogP) is 3.14. The van der Waals surface area contributed by atoms with Gasteiger partial charge < -0.3 is 14.5 Å². The van der Waals surface area contributed by atoms with Gasteiger partial charge in [0.1, 0.15) is 11.4 Å². The first-order valence-electron chi connectivity index (χ1n) is 9.66. The standard InChI is InChI=1S/C21H24N6O2/c1-21(2,3)29-20(28)27-12-10-26(11-13-27)19-16-6-9-23-14-17(16)24-18(25-19)15-4-7-22-8-5-15/h4-9,14H,10-13H2,1-3H3. The molecule has 3 aromatic heterocycles. The lowest BCUT2D eigenvalue weighted by Gasteiger charge is -2.36. The van der Waals surface area contributed by atoms with Crippen molar-refractivity contribution in [2.75, 3.05) is 31.1 Å². The fraction of sp³-hybridized carbons (Fsp3) is 0.381. The second-order valence-corrected chi connectivity index (χ2v) is 7.95. The lowest BCUT2D eigenvalue weighted by molar-refractivity contribution is 0.0240. The molecule has 1 aliphatic rings. The van der Waals surface area contributed by atoms with Gasteiger partial charge in [0.2, 0.25) is 0 Å². The Bertz CT molecular complexity index is 1010. The normalized spacial score (nSPS) is 14.9. The van der Waals surface area contributed by atoms with E-state index in [0.717, 1.165) is 22.3 Å². The molecule has 1 saturated heterocycles. The van der Waals surface area contributed by atoms with Crippen molar-refractivity contribution in [2.24, 2.45) is 0 Å². The molecule has 0 aliphatic carbocycles. The topological polar surface area (TPSA) is 84.3 Å². The average molecular weight is 392 g/mol. The van der Waals surface area contributed by atoms with E-state index in [-0.39, 0.29) is 6.09 Å². The molecule has 3 aromatic rings. The monoisotopic (exact) mass is 392 g/mol. The molecule has 29 heavy (non-hydrogen) atoms. The van der Waals surface area contributed by atoms with Crippen LogP contribution >= 0.6 is 0 Å². The van der Waals surface area contributed by atoms with Gasteiger partial charge >= 0.3 is 6.09 Å². The highest BCUT2D eigenvalue weighted by Crippen LogP contribution is 2.27. The fourth-order valence-corrected chi connectivity index (χ4v) is 3.26. The van der Waals surface area contributed by atoms with Crippen LogP contribution in [-0.4, -0.2) is 62.7 Å². The zero-order valence-electron chi connectivity index (χ0n) is 16.9. The first kappa shape index (κ1) is 19.0. The van der Waals surface area contributed by atoms with E-state index in [1.807, 2.05) is 39.0 Å². The number of anilines is 1. The molecule has 1 amide bonds. The molecule has 0 spiro atoms. The van der Waals surface area contributed by atoms with Crippen molar-refractivity contribution in [3.63, 3.8) is 0 Å². The number of hydrogen-bond donors (Lipinski definition) is 0. The van der Waals surface area contributed by atoms with Gasteiger partial charge in [-0.3, -0.25) is 9.97 Å². The number of carbonyl (C=O) groups excluding carboxylic acids is 1. The third kappa shape index (κ3) is 4.26. The Morgan fingerprint density at radius 1 is 0.966 bits per heavy atom. The van der Waals surface area contributed by atoms with Crippen molar-refractivity contribution in [1.82, 2.24) is 24.8 Å². The van der Waals surface area contributed by atoms with Crippen molar-refractivity contribution in [1.29, 1.82) is 0 Å². The summed E-state index contributed by atoms with van der Waals surface area (Å²) in [5, 5.41) is 0.948. The molecule has 0 aromatic carbocycles. The number of carbonyl (C=O) groups is 1. The van der Waals surface area contributed by atoms with Crippen molar-refractivity contribution in [3.8, 4) is 11.4 Å². The maximum atomic E-state index is 12.4. The largest absolute Gasteiger partial charge is 0.444 e. The number of piperazine rings is 1. The first-order chi connectivity index (χ1) is 13.9. The molecule has 0 bridgehead atoms. The van der Waals surface area contributed by atoms with Gasteiger partial charge in [0.15, 0.2) is 5.82 Å². The molecular formula is C21H24N6O2. The number of amides is 1. The molecule has 1 aliphatic heterocycles. The minimum Gasteiger partial charge on any atom is -0.444 e. The van der Waals surface area contributed by atoms with Crippen LogP contribution in [0, 0.1) is 0 Å². The summed E-state index contributed by atoms with van der Waals surface area (Å²) in [5.41, 5.74) is 1.20. The van der Waals surface area contributed by atoms with Crippen LogP contribution in [0.4, 0.5) is 10.6 Å². The summed E-state index contributed by atoms with van der Waals surface area (Å²) in [6.07, 6.45) is 6.68. The number of fused-ring (bicyclic) bond motifs is 1. The summed E-state index contributed by atoms with van der Waals surface area (Å²) in [7, 11) is 0. The highest BCUT2D eigenvalue weighted by Gasteiger charge is 2.27. The zero-order chi connectivity index (χ0) is 20.4. The van der Waals surface area contributed by atoms with Crippen LogP contribution < -0.4 is 4.90 Å². The molecule has 0 N–H and O–H groups in total. The molecular weight excluding hydrogens is 368 g/mol. The van der Waals surface area contributed by atoms with E-state index < -0.39 is 5.60 Å². The Labute approximate surface area is 169 Å². The van der Waals surface area contributed by atoms with Crippen LogP contribution in [0.2, 0.25) is 0 Å². The number of hydrogen-bond acceptors (Lipinski definition) is 7. The summed E-state index contributed by atoms with van der Waals surface area (Å²) in [4.78, 5) is 34.1. The average Bonchev–Trinajstić information content (AvgIpc) is 2.72. The van der Waals surface area contributed by atoms with Gasteiger partial charge in [0, 0.05) is 55.7 Å². The van der Waals surface area contributed by atoms with Crippen molar-refractivity contribution < 1.29 is 9.53 Å². The third-order valence-corrected chi connectivity index (χ3v) is 4.65. The SMILES string of the molecule is CC(C)(C)OC(=O)N1CCN(c2nc(-c3ccncc3)nc3cnccc23)CC1. The summed E-state index contributed by atoms with van der Waals surface area (Å²) in [6.45, 7) is 8.13. The van der Waals surface area contributed by atoms with Crippen LogP contribution in [0.1, 0.15) is 20.8 Å². The fourth-order valence-electron chi connectivity index (χ4n) is 3.26. The zero-order valence-corrected chi connectivity index (χ0v) is 16.9. The van der Waals surface area contributed by atoms with Crippen LogP contribution in [0.15, 0.2) is 43.0 Å². The van der Waals surface area contributed by atoms with Gasteiger partial charge in [-0.25, -0.2) is 14.8 Å². The summed E-state index contributed by atoms with van der Waals surface area (Å²) in [5.74, 6) is 1.49. The Morgan fingerprint density at radius 3 is 2.34 bits per heavy atom. The molecule has 0 radical (unpaired) electrons. The molecule has 0 saturated carbocycles. The number of aromatic nitrogens is 4. The van der Waals surface area contributed by atoms with Crippen molar-refractivity contribution >= 4 is 22.8 Å². The van der Waals surface area contributed by atoms with Crippen molar-refractivity contribution in [3.05, 3.63) is 43.0 Å². The van der Waals surface area contributed by atoms with E-state index in [2.05, 4.69) is 19.9 Å². The van der Waals surface area contributed by atoms with Gasteiger partial charge in [0.05, 0.1) is 11.7 Å². The maximum Gasteiger partial charge on any atom is 0.410 e. The van der Waals surface area contributed by atoms with E-state index in [4.69, 9.17) is 9.72 Å². The van der Waals surface area contributed by atoms with Crippen LogP contribution in [-0.2, 0) is 4.74 Å². The molecule has 0 atom stereocenters. The summed E-state index contributed by atoms with van der Waals surface area (Å²) >= 11 is 0. The Hall–Kier alpha value is -3.29. The molecule has 4 rings (SSSR count). The van der Waals surface area contributed by atoms with E-state index in [0.29, 0.717) is 32.0 Å². The first-order valence-corrected chi connectivity index (χ1v) is 9.66. The molecule has 4 heterocycles. The quantitative estimate of drug-likeness (QED) is 0.662. The Morgan fingerprint density at radius 2 is 1.66 bits per heavy atom. The Balaban J connectivity index is 1.60. The maximum absolute atomic E-state index is 12.4. The second kappa shape index (κ2) is 7.62. The lowest BCUT2D eigenvalue weighted by atomic mass is 10.2. The molecule has 1 fully saturated rings. The highest BCUT2D eigenvalue weighted by molar-refractivity contribution is 5.90. The molecule has 8 nitrogen and oxygen atoms in total. The van der Waals surface area contributed by atoms with E-state index in [1.54, 1.807) is 29.7 Å². The van der Waals surface area contributed by atoms with Gasteiger partial charge in [-0.15, -0.1) is 0 Å². The smallest absolute Gasteiger partial charge is 0.410 e. The van der Waals surface area contributed by atoms with Gasteiger partial charge in [-0.05, 0) is 39.0 Å².